The summed E-state index contributed by atoms with van der Waals surface area (Å²) in [6.07, 6.45) is 0. The second-order valence-electron chi connectivity index (χ2n) is 6.83. The van der Waals surface area contributed by atoms with Gasteiger partial charge in [-0.3, -0.25) is 4.79 Å². The van der Waals surface area contributed by atoms with Gasteiger partial charge in [-0.1, -0.05) is 69.6 Å². The Morgan fingerprint density at radius 1 is 0.933 bits per heavy atom. The van der Waals surface area contributed by atoms with Crippen LogP contribution in [0.25, 0.3) is 39.4 Å². The molecule has 0 saturated carbocycles. The topological polar surface area (TPSA) is 73.8 Å². The number of fused-ring (bicyclic) bond motifs is 1. The van der Waals surface area contributed by atoms with E-state index in [2.05, 4.69) is 31.2 Å². The van der Waals surface area contributed by atoms with Gasteiger partial charge in [0.25, 0.3) is 11.4 Å². The predicted molar refractivity (Wildman–Crippen MR) is 119 cm³/mol. The van der Waals surface area contributed by atoms with Crippen molar-refractivity contribution < 1.29 is 4.52 Å². The van der Waals surface area contributed by atoms with Crippen LogP contribution in [0, 0.1) is 6.92 Å². The molecule has 7 heteroatoms. The molecule has 0 N–H and O–H groups in total. The predicted octanol–water partition coefficient (Wildman–Crippen LogP) is 5.17. The Morgan fingerprint density at radius 2 is 1.70 bits per heavy atom. The molecule has 30 heavy (non-hydrogen) atoms. The molecule has 0 radical (unpaired) electrons. The number of halogens is 1. The molecular weight excluding hydrogens is 444 g/mol. The Kier molecular flexibility index (Phi) is 4.52. The molecular formula is C23H15BrN4O2. The lowest BCUT2D eigenvalue weighted by molar-refractivity contribution is 0.430. The fraction of sp³-hybridized carbons (Fsp3) is 0.0435. The van der Waals surface area contributed by atoms with E-state index in [0.29, 0.717) is 28.0 Å². The summed E-state index contributed by atoms with van der Waals surface area (Å²) in [6.45, 7) is 1.94. The fourth-order valence-corrected chi connectivity index (χ4v) is 3.78. The minimum Gasteiger partial charge on any atom is -0.332 e. The van der Waals surface area contributed by atoms with Gasteiger partial charge >= 0.3 is 0 Å². The van der Waals surface area contributed by atoms with Crippen molar-refractivity contribution in [2.75, 3.05) is 0 Å². The standard InChI is InChI=1S/C23H15BrN4O2/c1-14-7-2-5-12-19(14)28-23(29)18-11-4-3-10-17(18)20(26-28)22-25-21(27-30-22)15-8-6-9-16(24)13-15/h2-13H,1H3. The number of hydrogen-bond donors (Lipinski definition) is 0. The Labute approximate surface area is 179 Å². The molecule has 0 aliphatic heterocycles. The summed E-state index contributed by atoms with van der Waals surface area (Å²) in [7, 11) is 0. The van der Waals surface area contributed by atoms with Gasteiger partial charge < -0.3 is 4.52 Å². The molecule has 0 atom stereocenters. The number of aryl methyl sites for hydroxylation is 1. The molecule has 146 valence electrons. The highest BCUT2D eigenvalue weighted by molar-refractivity contribution is 9.10. The van der Waals surface area contributed by atoms with Crippen LogP contribution in [0.2, 0.25) is 0 Å². The lowest BCUT2D eigenvalue weighted by atomic mass is 10.1. The van der Waals surface area contributed by atoms with Crippen molar-refractivity contribution >= 4 is 26.7 Å². The number of rotatable bonds is 3. The Balaban J connectivity index is 1.75. The first kappa shape index (κ1) is 18.4. The van der Waals surface area contributed by atoms with Crippen molar-refractivity contribution in [3.05, 3.63) is 93.2 Å². The van der Waals surface area contributed by atoms with Gasteiger partial charge in [0, 0.05) is 15.4 Å². The summed E-state index contributed by atoms with van der Waals surface area (Å²) in [4.78, 5) is 17.7. The van der Waals surface area contributed by atoms with E-state index in [4.69, 9.17) is 4.52 Å². The number of aromatic nitrogens is 4. The Morgan fingerprint density at radius 3 is 2.50 bits per heavy atom. The van der Waals surface area contributed by atoms with Crippen LogP contribution in [0.1, 0.15) is 5.56 Å². The minimum atomic E-state index is -0.199. The fourth-order valence-electron chi connectivity index (χ4n) is 3.38. The van der Waals surface area contributed by atoms with Gasteiger partial charge in [-0.25, -0.2) is 0 Å². The molecule has 0 saturated heterocycles. The van der Waals surface area contributed by atoms with E-state index in [9.17, 15) is 4.79 Å². The van der Waals surface area contributed by atoms with Gasteiger partial charge in [-0.15, -0.1) is 0 Å². The molecule has 6 nitrogen and oxygen atoms in total. The van der Waals surface area contributed by atoms with Crippen LogP contribution >= 0.6 is 15.9 Å². The van der Waals surface area contributed by atoms with E-state index in [-0.39, 0.29) is 11.4 Å². The van der Waals surface area contributed by atoms with Crippen molar-refractivity contribution in [3.8, 4) is 28.7 Å². The second kappa shape index (κ2) is 7.35. The lowest BCUT2D eigenvalue weighted by Gasteiger charge is -2.11. The largest absolute Gasteiger partial charge is 0.332 e. The third-order valence-electron chi connectivity index (χ3n) is 4.86. The molecule has 0 aliphatic carbocycles. The van der Waals surface area contributed by atoms with Crippen LogP contribution in [0.5, 0.6) is 0 Å². The van der Waals surface area contributed by atoms with E-state index in [1.165, 1.54) is 4.68 Å². The van der Waals surface area contributed by atoms with Crippen LogP contribution in [0.3, 0.4) is 0 Å². The smallest absolute Gasteiger partial charge is 0.279 e. The van der Waals surface area contributed by atoms with Gasteiger partial charge in [-0.2, -0.15) is 14.8 Å². The molecule has 0 spiro atoms. The zero-order valence-electron chi connectivity index (χ0n) is 15.9. The van der Waals surface area contributed by atoms with Crippen LogP contribution < -0.4 is 5.56 Å². The average molecular weight is 459 g/mol. The van der Waals surface area contributed by atoms with Crippen molar-refractivity contribution in [2.45, 2.75) is 6.92 Å². The Hall–Kier alpha value is -3.58. The maximum absolute atomic E-state index is 13.2. The van der Waals surface area contributed by atoms with Crippen LogP contribution in [0.15, 0.2) is 86.6 Å². The van der Waals surface area contributed by atoms with E-state index in [0.717, 1.165) is 15.6 Å². The monoisotopic (exact) mass is 458 g/mol. The quantitative estimate of drug-likeness (QED) is 0.372. The van der Waals surface area contributed by atoms with Crippen molar-refractivity contribution in [1.29, 1.82) is 0 Å². The first-order valence-corrected chi connectivity index (χ1v) is 10.1. The van der Waals surface area contributed by atoms with Crippen molar-refractivity contribution in [3.63, 3.8) is 0 Å². The van der Waals surface area contributed by atoms with E-state index in [1.54, 1.807) is 6.07 Å². The first-order valence-electron chi connectivity index (χ1n) is 9.30. The summed E-state index contributed by atoms with van der Waals surface area (Å²) < 4.78 is 7.88. The number of para-hydroxylation sites is 1. The molecule has 5 aromatic rings. The van der Waals surface area contributed by atoms with Crippen molar-refractivity contribution in [1.82, 2.24) is 19.9 Å². The highest BCUT2D eigenvalue weighted by atomic mass is 79.9. The van der Waals surface area contributed by atoms with E-state index < -0.39 is 0 Å². The third kappa shape index (κ3) is 3.13. The molecule has 3 aromatic carbocycles. The maximum Gasteiger partial charge on any atom is 0.279 e. The Bertz CT molecular complexity index is 1460. The van der Waals surface area contributed by atoms with Gasteiger partial charge in [0.1, 0.15) is 0 Å². The van der Waals surface area contributed by atoms with Crippen LogP contribution in [-0.2, 0) is 0 Å². The molecule has 2 heterocycles. The molecule has 0 unspecified atom stereocenters. The normalized spacial score (nSPS) is 11.1. The van der Waals surface area contributed by atoms with Crippen molar-refractivity contribution in [2.24, 2.45) is 0 Å². The summed E-state index contributed by atoms with van der Waals surface area (Å²) in [6, 6.07) is 22.6. The molecule has 0 bridgehead atoms. The maximum atomic E-state index is 13.2. The molecule has 5 rings (SSSR count). The van der Waals surface area contributed by atoms with E-state index in [1.807, 2.05) is 73.7 Å². The summed E-state index contributed by atoms with van der Waals surface area (Å²) in [5.74, 6) is 0.703. The lowest BCUT2D eigenvalue weighted by Crippen LogP contribution is -2.23. The molecule has 0 aliphatic rings. The number of hydrogen-bond acceptors (Lipinski definition) is 5. The van der Waals surface area contributed by atoms with Gasteiger partial charge in [0.15, 0.2) is 5.69 Å². The number of benzene rings is 3. The van der Waals surface area contributed by atoms with Gasteiger partial charge in [-0.05, 0) is 36.8 Å². The molecule has 2 aromatic heterocycles. The second-order valence-corrected chi connectivity index (χ2v) is 7.75. The zero-order chi connectivity index (χ0) is 20.7. The number of nitrogens with zero attached hydrogens (tertiary/aromatic N) is 4. The summed E-state index contributed by atoms with van der Waals surface area (Å²) in [5.41, 5.74) is 2.73. The minimum absolute atomic E-state index is 0.199. The average Bonchev–Trinajstić information content (AvgIpc) is 3.25. The summed E-state index contributed by atoms with van der Waals surface area (Å²) in [5, 5.41) is 9.94. The van der Waals surface area contributed by atoms with E-state index >= 15 is 0 Å². The molecule has 0 amide bonds. The highest BCUT2D eigenvalue weighted by Gasteiger charge is 2.19. The van der Waals surface area contributed by atoms with Crippen LogP contribution in [0.4, 0.5) is 0 Å². The zero-order valence-corrected chi connectivity index (χ0v) is 17.5. The first-order chi connectivity index (χ1) is 14.6. The van der Waals surface area contributed by atoms with Crippen LogP contribution in [-0.4, -0.2) is 19.9 Å². The molecule has 0 fully saturated rings. The SMILES string of the molecule is Cc1ccccc1-n1nc(-c2nc(-c3cccc(Br)c3)no2)c2ccccc2c1=O. The third-order valence-corrected chi connectivity index (χ3v) is 5.35. The highest BCUT2D eigenvalue weighted by Crippen LogP contribution is 2.27. The van der Waals surface area contributed by atoms with Gasteiger partial charge in [0.2, 0.25) is 5.82 Å². The summed E-state index contributed by atoms with van der Waals surface area (Å²) >= 11 is 3.46. The van der Waals surface area contributed by atoms with Gasteiger partial charge in [0.05, 0.1) is 11.1 Å².